The summed E-state index contributed by atoms with van der Waals surface area (Å²) in [5, 5.41) is 24.1. The first kappa shape index (κ1) is 30.9. The maximum Gasteiger partial charge on any atom is 0.277 e. The van der Waals surface area contributed by atoms with Crippen molar-refractivity contribution in [2.75, 3.05) is 9.80 Å². The van der Waals surface area contributed by atoms with Gasteiger partial charge in [0.25, 0.3) is 35.0 Å². The van der Waals surface area contributed by atoms with Gasteiger partial charge >= 0.3 is 0 Å². The Bertz CT molecular complexity index is 2320. The number of benzene rings is 6. The van der Waals surface area contributed by atoms with Crippen molar-refractivity contribution in [3.8, 4) is 0 Å². The Kier molecular flexibility index (Phi) is 7.20. The van der Waals surface area contributed by atoms with Crippen LogP contribution in [0.2, 0.25) is 0 Å². The highest BCUT2D eigenvalue weighted by Gasteiger charge is 2.37. The zero-order chi connectivity index (χ0) is 34.8. The molecule has 12 nitrogen and oxygen atoms in total. The van der Waals surface area contributed by atoms with Crippen molar-refractivity contribution in [1.29, 1.82) is 0 Å². The Morgan fingerprint density at radius 3 is 1.12 bits per heavy atom. The lowest BCUT2D eigenvalue weighted by Gasteiger charge is -2.27. The number of anilines is 2. The highest BCUT2D eigenvalue weighted by atomic mass is 33.1. The fraction of sp³-hybridized carbons (Fsp3) is 0. The third-order valence-electron chi connectivity index (χ3n) is 8.59. The fourth-order valence-corrected chi connectivity index (χ4v) is 8.28. The molecule has 0 spiro atoms. The van der Waals surface area contributed by atoms with Gasteiger partial charge in [-0.05, 0) is 84.9 Å². The number of hydrogen-bond acceptors (Lipinski definition) is 10. The van der Waals surface area contributed by atoms with E-state index in [1.54, 1.807) is 72.8 Å². The second kappa shape index (κ2) is 11.6. The number of carbonyl (C=O) groups excluding carboxylic acids is 4. The van der Waals surface area contributed by atoms with Gasteiger partial charge in [-0.3, -0.25) is 39.4 Å². The van der Waals surface area contributed by atoms with Gasteiger partial charge in [-0.1, -0.05) is 33.7 Å². The summed E-state index contributed by atoms with van der Waals surface area (Å²) >= 11 is 0. The summed E-state index contributed by atoms with van der Waals surface area (Å²) in [6, 6.07) is 28.2. The molecule has 0 bridgehead atoms. The van der Waals surface area contributed by atoms with E-state index < -0.39 is 33.5 Å². The molecule has 2 aliphatic heterocycles. The van der Waals surface area contributed by atoms with E-state index in [4.69, 9.17) is 0 Å². The lowest BCUT2D eigenvalue weighted by atomic mass is 9.93. The number of nitro groups is 2. The van der Waals surface area contributed by atoms with Crippen LogP contribution in [0.3, 0.4) is 0 Å². The van der Waals surface area contributed by atoms with Gasteiger partial charge in [-0.2, -0.15) is 0 Å². The Hall–Kier alpha value is -6.38. The number of nitrogens with zero attached hydrogens (tertiary/aromatic N) is 4. The zero-order valence-electron chi connectivity index (χ0n) is 25.3. The highest BCUT2D eigenvalue weighted by Crippen LogP contribution is 2.42. The predicted octanol–water partition coefficient (Wildman–Crippen LogP) is 8.21. The summed E-state index contributed by atoms with van der Waals surface area (Å²) in [7, 11) is 2.83. The number of rotatable bonds is 7. The molecule has 2 aliphatic rings. The monoisotopic (exact) mass is 698 g/mol. The number of non-ortho nitro benzene ring substituents is 2. The number of amides is 4. The van der Waals surface area contributed by atoms with Crippen LogP contribution >= 0.6 is 21.6 Å². The van der Waals surface area contributed by atoms with Gasteiger partial charge in [0.1, 0.15) is 0 Å². The van der Waals surface area contributed by atoms with Gasteiger partial charge in [0.15, 0.2) is 0 Å². The van der Waals surface area contributed by atoms with E-state index in [2.05, 4.69) is 0 Å². The van der Waals surface area contributed by atoms with E-state index >= 15 is 0 Å². The van der Waals surface area contributed by atoms with Crippen molar-refractivity contribution < 1.29 is 29.0 Å². The first-order valence-electron chi connectivity index (χ1n) is 14.9. The van der Waals surface area contributed by atoms with Crippen LogP contribution in [0.15, 0.2) is 119 Å². The van der Waals surface area contributed by atoms with Crippen LogP contribution in [0.25, 0.3) is 21.5 Å². The summed E-state index contributed by atoms with van der Waals surface area (Å²) in [6.45, 7) is 0. The summed E-state index contributed by atoms with van der Waals surface area (Å²) in [5.41, 5.74) is 1.16. The van der Waals surface area contributed by atoms with Crippen molar-refractivity contribution in [3.63, 3.8) is 0 Å². The smallest absolute Gasteiger partial charge is 0.268 e. The highest BCUT2D eigenvalue weighted by molar-refractivity contribution is 8.76. The topological polar surface area (TPSA) is 161 Å². The molecule has 0 saturated heterocycles. The molecule has 50 heavy (non-hydrogen) atoms. The Labute approximate surface area is 289 Å². The van der Waals surface area contributed by atoms with Crippen molar-refractivity contribution in [2.45, 2.75) is 9.79 Å². The minimum atomic E-state index is -0.574. The molecular formula is C36H18N4O8S2. The van der Waals surface area contributed by atoms with Gasteiger partial charge < -0.3 is 0 Å². The largest absolute Gasteiger partial charge is 0.277 e. The molecule has 0 aliphatic carbocycles. The molecule has 242 valence electrons. The van der Waals surface area contributed by atoms with E-state index in [0.717, 1.165) is 19.6 Å². The van der Waals surface area contributed by atoms with Crippen LogP contribution < -0.4 is 9.80 Å². The molecule has 6 aromatic carbocycles. The zero-order valence-corrected chi connectivity index (χ0v) is 26.9. The van der Waals surface area contributed by atoms with E-state index in [1.165, 1.54) is 58.0 Å². The quantitative estimate of drug-likeness (QED) is 0.0687. The van der Waals surface area contributed by atoms with E-state index in [0.29, 0.717) is 11.4 Å². The SMILES string of the molecule is O=C1c2cccc3c([N+](=O)[O-])ccc(c23)C(=O)N1c1ccc(SSc2ccc(N3C(=O)c4cccc5c([N+](=O)[O-])ccc(c45)C3=O)cc2)cc1. The van der Waals surface area contributed by atoms with Gasteiger partial charge in [0.05, 0.1) is 32.0 Å². The Morgan fingerprint density at radius 2 is 0.780 bits per heavy atom. The lowest BCUT2D eigenvalue weighted by Crippen LogP contribution is -2.40. The molecule has 0 unspecified atom stereocenters. The summed E-state index contributed by atoms with van der Waals surface area (Å²) in [5.74, 6) is -2.29. The number of carbonyl (C=O) groups is 4. The van der Waals surface area contributed by atoms with Crippen LogP contribution in [0.1, 0.15) is 41.4 Å². The first-order valence-corrected chi connectivity index (χ1v) is 17.0. The standard InChI is InChI=1S/C36H18N4O8S2/c41-33-25-5-1-3-23-29(39(45)46)17-15-27(31(23)25)35(43)37(33)19-7-11-21(12-8-19)49-50-22-13-9-20(10-14-22)38-34(42)26-6-2-4-24-30(40(47)48)18-16-28(32(24)26)36(38)44/h1-18H. The van der Waals surface area contributed by atoms with Crippen molar-refractivity contribution >= 4 is 89.5 Å². The molecule has 0 radical (unpaired) electrons. The average molecular weight is 699 g/mol. The molecule has 4 amide bonds. The minimum Gasteiger partial charge on any atom is -0.268 e. The van der Waals surface area contributed by atoms with E-state index in [9.17, 15) is 39.4 Å². The molecule has 0 saturated carbocycles. The lowest BCUT2D eigenvalue weighted by molar-refractivity contribution is -0.383. The maximum absolute atomic E-state index is 13.5. The van der Waals surface area contributed by atoms with Crippen molar-refractivity contribution in [2.24, 2.45) is 0 Å². The molecular weight excluding hydrogens is 681 g/mol. The average Bonchev–Trinajstić information content (AvgIpc) is 3.12. The maximum atomic E-state index is 13.5. The summed E-state index contributed by atoms with van der Waals surface area (Å²) < 4.78 is 0. The summed E-state index contributed by atoms with van der Waals surface area (Å²) in [4.78, 5) is 79.7. The molecule has 6 aromatic rings. The van der Waals surface area contributed by atoms with Crippen molar-refractivity contribution in [3.05, 3.63) is 152 Å². The second-order valence-corrected chi connectivity index (χ2v) is 13.6. The molecule has 0 fully saturated rings. The first-order chi connectivity index (χ1) is 24.1. The molecule has 0 aromatic heterocycles. The molecule has 8 rings (SSSR count). The van der Waals surface area contributed by atoms with Crippen LogP contribution in [0, 0.1) is 20.2 Å². The van der Waals surface area contributed by atoms with Crippen LogP contribution in [0.4, 0.5) is 22.7 Å². The van der Waals surface area contributed by atoms with Crippen LogP contribution in [-0.2, 0) is 0 Å². The van der Waals surface area contributed by atoms with Gasteiger partial charge in [-0.25, -0.2) is 9.80 Å². The molecule has 0 N–H and O–H groups in total. The molecule has 14 heteroatoms. The normalized spacial score (nSPS) is 13.8. The fourth-order valence-electron chi connectivity index (χ4n) is 6.35. The van der Waals surface area contributed by atoms with E-state index in [1.807, 2.05) is 0 Å². The third-order valence-corrected chi connectivity index (χ3v) is 11.0. The van der Waals surface area contributed by atoms with Crippen LogP contribution in [0.5, 0.6) is 0 Å². The van der Waals surface area contributed by atoms with Gasteiger partial charge in [-0.15, -0.1) is 0 Å². The molecule has 0 atom stereocenters. The van der Waals surface area contributed by atoms with Gasteiger partial charge in [0.2, 0.25) is 0 Å². The number of imide groups is 2. The summed E-state index contributed by atoms with van der Waals surface area (Å²) in [6.07, 6.45) is 0. The Morgan fingerprint density at radius 1 is 0.440 bits per heavy atom. The van der Waals surface area contributed by atoms with Crippen LogP contribution in [-0.4, -0.2) is 33.5 Å². The predicted molar refractivity (Wildman–Crippen MR) is 188 cm³/mol. The second-order valence-electron chi connectivity index (χ2n) is 11.3. The van der Waals surface area contributed by atoms with E-state index in [-0.39, 0.29) is 55.2 Å². The Balaban J connectivity index is 0.986. The number of nitro benzene ring substituents is 2. The minimum absolute atomic E-state index is 0.180. The third kappa shape index (κ3) is 4.72. The molecule has 2 heterocycles. The van der Waals surface area contributed by atoms with Gasteiger partial charge in [0, 0.05) is 54.9 Å². The number of hydrogen-bond donors (Lipinski definition) is 0. The van der Waals surface area contributed by atoms with Crippen molar-refractivity contribution in [1.82, 2.24) is 0 Å².